The van der Waals surface area contributed by atoms with Crippen LogP contribution in [0.25, 0.3) is 0 Å². The van der Waals surface area contributed by atoms with Gasteiger partial charge in [0.05, 0.1) is 25.0 Å². The molecule has 0 aliphatic rings. The van der Waals surface area contributed by atoms with Gasteiger partial charge in [0.2, 0.25) is 0 Å². The van der Waals surface area contributed by atoms with Crippen LogP contribution in [0.15, 0.2) is 42.6 Å². The molecular weight excluding hydrogens is 254 g/mol. The van der Waals surface area contributed by atoms with Crippen LogP contribution in [0.2, 0.25) is 0 Å². The number of carbonyl (C=O) groups is 1. The molecule has 0 spiro atoms. The molecule has 0 aliphatic heterocycles. The minimum Gasteiger partial charge on any atom is -0.495 e. The lowest BCUT2D eigenvalue weighted by Gasteiger charge is -2.17. The van der Waals surface area contributed by atoms with E-state index in [0.29, 0.717) is 23.5 Å². The fraction of sp³-hybridized carbons (Fsp3) is 0.200. The van der Waals surface area contributed by atoms with E-state index in [1.54, 1.807) is 43.5 Å². The SMILES string of the molecule is COc1ccc(C(=O)N(C)Cc2ccccn2)cc1N. The van der Waals surface area contributed by atoms with Gasteiger partial charge in [-0.3, -0.25) is 9.78 Å². The summed E-state index contributed by atoms with van der Waals surface area (Å²) >= 11 is 0. The smallest absolute Gasteiger partial charge is 0.254 e. The number of benzene rings is 1. The highest BCUT2D eigenvalue weighted by atomic mass is 16.5. The summed E-state index contributed by atoms with van der Waals surface area (Å²) in [7, 11) is 3.28. The number of carbonyl (C=O) groups excluding carboxylic acids is 1. The van der Waals surface area contributed by atoms with Crippen LogP contribution in [0, 0.1) is 0 Å². The van der Waals surface area contributed by atoms with Crippen molar-refractivity contribution in [3.05, 3.63) is 53.9 Å². The van der Waals surface area contributed by atoms with E-state index < -0.39 is 0 Å². The summed E-state index contributed by atoms with van der Waals surface area (Å²) in [5, 5.41) is 0. The largest absolute Gasteiger partial charge is 0.495 e. The van der Waals surface area contributed by atoms with Crippen LogP contribution in [-0.2, 0) is 6.54 Å². The van der Waals surface area contributed by atoms with Crippen molar-refractivity contribution in [1.82, 2.24) is 9.88 Å². The normalized spacial score (nSPS) is 10.1. The zero-order chi connectivity index (χ0) is 14.5. The predicted octanol–water partition coefficient (Wildman–Crippen LogP) is 1.94. The minimum atomic E-state index is -0.106. The Morgan fingerprint density at radius 1 is 1.35 bits per heavy atom. The number of nitrogens with two attached hydrogens (primary N) is 1. The van der Waals surface area contributed by atoms with Crippen molar-refractivity contribution in [3.8, 4) is 5.75 Å². The molecule has 1 heterocycles. The van der Waals surface area contributed by atoms with Crippen molar-refractivity contribution in [2.45, 2.75) is 6.54 Å². The first kappa shape index (κ1) is 13.9. The van der Waals surface area contributed by atoms with Crippen molar-refractivity contribution < 1.29 is 9.53 Å². The molecule has 0 saturated heterocycles. The Morgan fingerprint density at radius 2 is 2.15 bits per heavy atom. The van der Waals surface area contributed by atoms with Crippen LogP contribution >= 0.6 is 0 Å². The monoisotopic (exact) mass is 271 g/mol. The van der Waals surface area contributed by atoms with Gasteiger partial charge >= 0.3 is 0 Å². The highest BCUT2D eigenvalue weighted by Crippen LogP contribution is 2.22. The Morgan fingerprint density at radius 3 is 2.75 bits per heavy atom. The van der Waals surface area contributed by atoms with Crippen molar-refractivity contribution in [2.75, 3.05) is 19.9 Å². The summed E-state index contributed by atoms with van der Waals surface area (Å²) in [5.41, 5.74) is 7.63. The van der Waals surface area contributed by atoms with Crippen molar-refractivity contribution >= 4 is 11.6 Å². The Balaban J connectivity index is 2.12. The van der Waals surface area contributed by atoms with Gasteiger partial charge in [0.15, 0.2) is 0 Å². The van der Waals surface area contributed by atoms with Crippen LogP contribution < -0.4 is 10.5 Å². The van der Waals surface area contributed by atoms with Crippen LogP contribution in [0.3, 0.4) is 0 Å². The molecule has 1 aromatic heterocycles. The van der Waals surface area contributed by atoms with Gasteiger partial charge < -0.3 is 15.4 Å². The van der Waals surface area contributed by atoms with Gasteiger partial charge in [-0.25, -0.2) is 0 Å². The first-order valence-corrected chi connectivity index (χ1v) is 6.20. The van der Waals surface area contributed by atoms with Crippen LogP contribution in [-0.4, -0.2) is 29.9 Å². The Bertz CT molecular complexity index is 599. The fourth-order valence-corrected chi connectivity index (χ4v) is 1.89. The maximum absolute atomic E-state index is 12.3. The number of rotatable bonds is 4. The zero-order valence-corrected chi connectivity index (χ0v) is 11.5. The minimum absolute atomic E-state index is 0.106. The second-order valence-electron chi connectivity index (χ2n) is 4.44. The number of anilines is 1. The first-order chi connectivity index (χ1) is 9.61. The molecule has 0 radical (unpaired) electrons. The van der Waals surface area contributed by atoms with E-state index in [1.807, 2.05) is 18.2 Å². The molecule has 1 amide bonds. The lowest BCUT2D eigenvalue weighted by molar-refractivity contribution is 0.0783. The molecule has 2 aromatic rings. The number of aromatic nitrogens is 1. The standard InChI is InChI=1S/C15H17N3O2/c1-18(10-12-5-3-4-8-17-12)15(19)11-6-7-14(20-2)13(16)9-11/h3-9H,10,16H2,1-2H3. The molecule has 2 N–H and O–H groups in total. The fourth-order valence-electron chi connectivity index (χ4n) is 1.89. The number of nitrogens with zero attached hydrogens (tertiary/aromatic N) is 2. The second-order valence-corrected chi connectivity index (χ2v) is 4.44. The van der Waals surface area contributed by atoms with Crippen molar-refractivity contribution in [2.24, 2.45) is 0 Å². The van der Waals surface area contributed by atoms with Crippen LogP contribution in [0.1, 0.15) is 16.1 Å². The van der Waals surface area contributed by atoms with E-state index in [2.05, 4.69) is 4.98 Å². The highest BCUT2D eigenvalue weighted by molar-refractivity contribution is 5.95. The number of ether oxygens (including phenoxy) is 1. The third-order valence-corrected chi connectivity index (χ3v) is 2.95. The maximum Gasteiger partial charge on any atom is 0.254 e. The van der Waals surface area contributed by atoms with E-state index in [0.717, 1.165) is 5.69 Å². The molecular formula is C15H17N3O2. The number of amides is 1. The summed E-state index contributed by atoms with van der Waals surface area (Å²) in [5.74, 6) is 0.457. The van der Waals surface area contributed by atoms with Crippen molar-refractivity contribution in [3.63, 3.8) is 0 Å². The topological polar surface area (TPSA) is 68.5 Å². The lowest BCUT2D eigenvalue weighted by Crippen LogP contribution is -2.26. The molecule has 2 rings (SSSR count). The molecule has 20 heavy (non-hydrogen) atoms. The molecule has 5 nitrogen and oxygen atoms in total. The van der Waals surface area contributed by atoms with Crippen LogP contribution in [0.4, 0.5) is 5.69 Å². The van der Waals surface area contributed by atoms with E-state index in [9.17, 15) is 4.79 Å². The number of hydrogen-bond acceptors (Lipinski definition) is 4. The molecule has 0 fully saturated rings. The first-order valence-electron chi connectivity index (χ1n) is 6.20. The van der Waals surface area contributed by atoms with Gasteiger partial charge in [0.25, 0.3) is 5.91 Å². The highest BCUT2D eigenvalue weighted by Gasteiger charge is 2.14. The average Bonchev–Trinajstić information content (AvgIpc) is 2.47. The third-order valence-electron chi connectivity index (χ3n) is 2.95. The van der Waals surface area contributed by atoms with Gasteiger partial charge in [-0.15, -0.1) is 0 Å². The lowest BCUT2D eigenvalue weighted by atomic mass is 10.1. The molecule has 1 aromatic carbocycles. The molecule has 0 bridgehead atoms. The molecule has 104 valence electrons. The van der Waals surface area contributed by atoms with Crippen molar-refractivity contribution in [1.29, 1.82) is 0 Å². The number of hydrogen-bond donors (Lipinski definition) is 1. The predicted molar refractivity (Wildman–Crippen MR) is 77.4 cm³/mol. The summed E-state index contributed by atoms with van der Waals surface area (Å²) in [6.45, 7) is 0.450. The second kappa shape index (κ2) is 6.06. The van der Waals surface area contributed by atoms with E-state index in [-0.39, 0.29) is 5.91 Å². The van der Waals surface area contributed by atoms with E-state index in [4.69, 9.17) is 10.5 Å². The summed E-state index contributed by atoms with van der Waals surface area (Å²) < 4.78 is 5.08. The number of nitrogen functional groups attached to an aromatic ring is 1. The Hall–Kier alpha value is -2.56. The summed E-state index contributed by atoms with van der Waals surface area (Å²) in [4.78, 5) is 18.1. The van der Waals surface area contributed by atoms with Gasteiger partial charge in [-0.2, -0.15) is 0 Å². The summed E-state index contributed by atoms with van der Waals surface area (Å²) in [6.07, 6.45) is 1.71. The number of pyridine rings is 1. The zero-order valence-electron chi connectivity index (χ0n) is 11.5. The molecule has 5 heteroatoms. The maximum atomic E-state index is 12.3. The molecule has 0 unspecified atom stereocenters. The molecule has 0 aliphatic carbocycles. The quantitative estimate of drug-likeness (QED) is 0.863. The van der Waals surface area contributed by atoms with Gasteiger partial charge in [-0.05, 0) is 30.3 Å². The Kier molecular flexibility index (Phi) is 4.20. The van der Waals surface area contributed by atoms with Gasteiger partial charge in [-0.1, -0.05) is 6.07 Å². The molecule has 0 atom stereocenters. The number of methoxy groups -OCH3 is 1. The van der Waals surface area contributed by atoms with E-state index in [1.165, 1.54) is 0 Å². The van der Waals surface area contributed by atoms with Gasteiger partial charge in [0, 0.05) is 18.8 Å². The Labute approximate surface area is 118 Å². The summed E-state index contributed by atoms with van der Waals surface area (Å²) in [6, 6.07) is 10.6. The van der Waals surface area contributed by atoms with E-state index >= 15 is 0 Å². The molecule has 0 saturated carbocycles. The average molecular weight is 271 g/mol. The van der Waals surface area contributed by atoms with Crippen LogP contribution in [0.5, 0.6) is 5.75 Å². The third kappa shape index (κ3) is 3.06. The van der Waals surface area contributed by atoms with Gasteiger partial charge in [0.1, 0.15) is 5.75 Å².